The van der Waals surface area contributed by atoms with Gasteiger partial charge in [0.15, 0.2) is 24.7 Å². The van der Waals surface area contributed by atoms with Gasteiger partial charge in [0.25, 0.3) is 0 Å². The van der Waals surface area contributed by atoms with Gasteiger partial charge in [0.2, 0.25) is 12.6 Å². The molecule has 4 rings (SSSR count). The van der Waals surface area contributed by atoms with Crippen molar-refractivity contribution < 1.29 is 97.6 Å². The Bertz CT molecular complexity index is 896. The smallest absolute Gasteiger partial charge is 0.214 e. The summed E-state index contributed by atoms with van der Waals surface area (Å²) in [6, 6.07) is -3.03. The quantitative estimate of drug-likeness (QED) is 0.107. The third kappa shape index (κ3) is 6.49. The Balaban J connectivity index is 1.50. The van der Waals surface area contributed by atoms with Crippen LogP contribution >= 0.6 is 0 Å². The topological polar surface area (TPSA) is 352 Å². The number of aliphatic hydroxyl groups excluding tert-OH is 7. The lowest BCUT2D eigenvalue weighted by Crippen LogP contribution is -2.84. The molecule has 0 aromatic rings. The minimum atomic E-state index is -1.57. The van der Waals surface area contributed by atoms with Crippen LogP contribution in [0.5, 0.6) is 0 Å². The van der Waals surface area contributed by atoms with Gasteiger partial charge in [0, 0.05) is 0 Å². The Morgan fingerprint density at radius 3 is 1.79 bits per heavy atom. The van der Waals surface area contributed by atoms with Gasteiger partial charge in [-0.05, 0) is 0 Å². The number of carbonyl (C=O) groups excluding carboxylic acids is 1. The SMILES string of the molecule is [NH3+]C[C@H]1O[C@H](O[C@H]2[C@H](O[C@@H]3O[C@H](CO)[C@@H](O[C@H]4O[C@H](C=O)[C@@H](O)[C@H](O)[C@H]4[NH3+])[C@H]3O)[C@@H](O)[C@H]([NH3+])C[C@@H]2[NH3+])[C@H]([NH3+])[C@@H](O)[C@@H]1O. The molecule has 1 saturated carbocycles. The van der Waals surface area contributed by atoms with Crippen molar-refractivity contribution in [3.05, 3.63) is 0 Å². The van der Waals surface area contributed by atoms with Crippen LogP contribution in [-0.4, -0.2) is 171 Å². The van der Waals surface area contributed by atoms with Crippen molar-refractivity contribution in [3.63, 3.8) is 0 Å². The van der Waals surface area contributed by atoms with Crippen LogP contribution in [0, 0.1) is 0 Å². The molecule has 0 bridgehead atoms. The van der Waals surface area contributed by atoms with E-state index in [9.17, 15) is 40.5 Å². The Kier molecular flexibility index (Phi) is 11.2. The van der Waals surface area contributed by atoms with Crippen molar-refractivity contribution in [1.29, 1.82) is 0 Å². The summed E-state index contributed by atoms with van der Waals surface area (Å²) in [5.41, 5.74) is 19.4. The molecular formula is C23H48N5O14+5. The molecular weight excluding hydrogens is 570 g/mol. The molecule has 1 aliphatic carbocycles. The van der Waals surface area contributed by atoms with Crippen molar-refractivity contribution in [3.8, 4) is 0 Å². The van der Waals surface area contributed by atoms with Gasteiger partial charge in [0.1, 0.15) is 91.9 Å². The predicted octanol–water partition coefficient (Wildman–Crippen LogP) is -12.2. The highest BCUT2D eigenvalue weighted by Gasteiger charge is 2.56. The van der Waals surface area contributed by atoms with E-state index in [1.165, 1.54) is 0 Å². The van der Waals surface area contributed by atoms with Crippen LogP contribution in [0.4, 0.5) is 0 Å². The summed E-state index contributed by atoms with van der Waals surface area (Å²) in [5, 5.41) is 73.2. The molecule has 3 aliphatic heterocycles. The molecule has 0 aromatic heterocycles. The summed E-state index contributed by atoms with van der Waals surface area (Å²) in [6.45, 7) is -0.492. The highest BCUT2D eigenvalue weighted by atomic mass is 16.8. The van der Waals surface area contributed by atoms with Crippen LogP contribution in [-0.2, 0) is 33.2 Å². The van der Waals surface area contributed by atoms with E-state index in [0.717, 1.165) is 0 Å². The molecule has 0 unspecified atom stereocenters. The van der Waals surface area contributed by atoms with Gasteiger partial charge in [0.05, 0.1) is 13.0 Å². The maximum Gasteiger partial charge on any atom is 0.214 e. The molecule has 0 radical (unpaired) electrons. The van der Waals surface area contributed by atoms with Crippen LogP contribution in [0.15, 0.2) is 0 Å². The Morgan fingerprint density at radius 1 is 0.643 bits per heavy atom. The zero-order valence-electron chi connectivity index (χ0n) is 23.2. The molecule has 19 heteroatoms. The van der Waals surface area contributed by atoms with Gasteiger partial charge in [-0.2, -0.15) is 0 Å². The van der Waals surface area contributed by atoms with E-state index in [-0.39, 0.29) is 6.54 Å². The lowest BCUT2D eigenvalue weighted by molar-refractivity contribution is -0.536. The Morgan fingerprint density at radius 2 is 1.19 bits per heavy atom. The van der Waals surface area contributed by atoms with Crippen LogP contribution in [0.3, 0.4) is 0 Å². The van der Waals surface area contributed by atoms with E-state index < -0.39 is 123 Å². The lowest BCUT2D eigenvalue weighted by Gasteiger charge is -2.44. The molecule has 244 valence electrons. The fourth-order valence-electron chi connectivity index (χ4n) is 5.89. The molecule has 4 fully saturated rings. The first-order valence-electron chi connectivity index (χ1n) is 14.0. The molecule has 19 nitrogen and oxygen atoms in total. The number of hydrogen-bond donors (Lipinski definition) is 12. The second kappa shape index (κ2) is 13.9. The minimum absolute atomic E-state index is 0.140. The average Bonchev–Trinajstić information content (AvgIpc) is 3.27. The van der Waals surface area contributed by atoms with E-state index in [4.69, 9.17) is 28.4 Å². The third-order valence-electron chi connectivity index (χ3n) is 8.57. The number of ether oxygens (including phenoxy) is 6. The maximum absolute atomic E-state index is 11.3. The third-order valence-corrected chi connectivity index (χ3v) is 8.57. The Labute approximate surface area is 240 Å². The van der Waals surface area contributed by atoms with E-state index >= 15 is 0 Å². The molecule has 0 aromatic carbocycles. The standard InChI is InChI=1S/C23H43N5O14/c24-2-7-13(32)15(34)10(27)21(37-7)40-18-6(26)1-5(25)12(31)20(18)42-23-17(36)19(9(4-30)39-23)41-22-11(28)16(35)14(33)8(3-29)38-22/h3,5-23,30-36H,1-2,4,24-28H2/p+5/t5-,6+,7-,8-,9-,10-,11-,12+,13-,14-,15-,16-,17-,18-,19-,20-,21-,22-,23+/m1/s1. The summed E-state index contributed by atoms with van der Waals surface area (Å²) in [7, 11) is 0. The van der Waals surface area contributed by atoms with E-state index in [1.54, 1.807) is 0 Å². The summed E-state index contributed by atoms with van der Waals surface area (Å²) in [6.07, 6.45) is -18.5. The van der Waals surface area contributed by atoms with Crippen LogP contribution in [0.25, 0.3) is 0 Å². The van der Waals surface area contributed by atoms with Crippen LogP contribution in [0.2, 0.25) is 0 Å². The van der Waals surface area contributed by atoms with Crippen LogP contribution in [0.1, 0.15) is 6.42 Å². The number of aliphatic hydroxyl groups is 7. The van der Waals surface area contributed by atoms with Crippen molar-refractivity contribution in [1.82, 2.24) is 0 Å². The number of rotatable bonds is 9. The van der Waals surface area contributed by atoms with E-state index in [0.29, 0.717) is 12.7 Å². The van der Waals surface area contributed by atoms with E-state index in [1.807, 2.05) is 0 Å². The minimum Gasteiger partial charge on any atom is -0.394 e. The van der Waals surface area contributed by atoms with E-state index in [2.05, 4.69) is 28.7 Å². The van der Waals surface area contributed by atoms with Gasteiger partial charge in [-0.15, -0.1) is 0 Å². The van der Waals surface area contributed by atoms with Crippen LogP contribution < -0.4 is 28.7 Å². The zero-order chi connectivity index (χ0) is 31.0. The molecule has 4 aliphatic rings. The van der Waals surface area contributed by atoms with Gasteiger partial charge >= 0.3 is 0 Å². The average molecular weight is 619 g/mol. The highest BCUT2D eigenvalue weighted by Crippen LogP contribution is 2.33. The highest BCUT2D eigenvalue weighted by molar-refractivity contribution is 5.57. The zero-order valence-corrected chi connectivity index (χ0v) is 23.2. The second-order valence-electron chi connectivity index (χ2n) is 11.5. The summed E-state index contributed by atoms with van der Waals surface area (Å²) < 4.78 is 34.9. The summed E-state index contributed by atoms with van der Waals surface area (Å²) >= 11 is 0. The molecule has 42 heavy (non-hydrogen) atoms. The predicted molar refractivity (Wildman–Crippen MR) is 129 cm³/mol. The molecule has 0 spiro atoms. The summed E-state index contributed by atoms with van der Waals surface area (Å²) in [4.78, 5) is 11.3. The molecule has 0 amide bonds. The normalized spacial score (nSPS) is 53.7. The van der Waals surface area contributed by atoms with Crippen molar-refractivity contribution in [2.24, 2.45) is 0 Å². The van der Waals surface area contributed by atoms with Gasteiger partial charge in [-0.3, -0.25) is 0 Å². The number of hydrogen-bond acceptors (Lipinski definition) is 14. The molecule has 3 saturated heterocycles. The number of quaternary nitrogens is 5. The van der Waals surface area contributed by atoms with Crippen molar-refractivity contribution in [2.75, 3.05) is 13.2 Å². The van der Waals surface area contributed by atoms with Gasteiger partial charge < -0.3 is 97.6 Å². The first-order chi connectivity index (χ1) is 19.8. The van der Waals surface area contributed by atoms with Crippen molar-refractivity contribution >= 4 is 6.29 Å². The maximum atomic E-state index is 11.3. The molecule has 3 heterocycles. The number of aldehydes is 1. The van der Waals surface area contributed by atoms with Crippen molar-refractivity contribution in [2.45, 2.75) is 123 Å². The lowest BCUT2D eigenvalue weighted by atomic mass is 9.84. The first kappa shape index (κ1) is 33.8. The molecule has 22 N–H and O–H groups in total. The largest absolute Gasteiger partial charge is 0.394 e. The second-order valence-corrected chi connectivity index (χ2v) is 11.5. The molecule has 19 atom stereocenters. The van der Waals surface area contributed by atoms with Gasteiger partial charge in [-0.25, -0.2) is 0 Å². The summed E-state index contributed by atoms with van der Waals surface area (Å²) in [5.74, 6) is 0. The first-order valence-corrected chi connectivity index (χ1v) is 14.0. The fraction of sp³-hybridized carbons (Fsp3) is 0.957. The monoisotopic (exact) mass is 618 g/mol. The fourth-order valence-corrected chi connectivity index (χ4v) is 5.89. The van der Waals surface area contributed by atoms with Gasteiger partial charge in [-0.1, -0.05) is 0 Å². The number of carbonyl (C=O) groups is 1. The Hall–Kier alpha value is -1.05.